The van der Waals surface area contributed by atoms with Crippen LogP contribution in [0.1, 0.15) is 16.7 Å². The third kappa shape index (κ3) is 3.55. The van der Waals surface area contributed by atoms with Gasteiger partial charge in [0.1, 0.15) is 0 Å². The van der Waals surface area contributed by atoms with Crippen LogP contribution in [-0.4, -0.2) is 45.8 Å². The molecule has 1 fully saturated rings. The number of rotatable bonds is 3. The predicted octanol–water partition coefficient (Wildman–Crippen LogP) is 1.11. The van der Waals surface area contributed by atoms with E-state index in [1.165, 1.54) is 11.8 Å². The zero-order valence-electron chi connectivity index (χ0n) is 11.9. The molecule has 0 aromatic heterocycles. The lowest BCUT2D eigenvalue weighted by molar-refractivity contribution is 0.232. The molecule has 1 heterocycles. The second-order valence-electron chi connectivity index (χ2n) is 5.32. The third-order valence-corrected chi connectivity index (χ3v) is 4.87. The maximum Gasteiger partial charge on any atom is 0.175 e. The number of aryl methyl sites for hydroxylation is 1. The highest BCUT2D eigenvalue weighted by atomic mass is 32.2. The Kier molecular flexibility index (Phi) is 4.28. The van der Waals surface area contributed by atoms with Gasteiger partial charge in [0.15, 0.2) is 9.84 Å². The largest absolute Gasteiger partial charge is 0.314 e. The van der Waals surface area contributed by atoms with Crippen molar-refractivity contribution in [2.75, 3.05) is 32.4 Å². The minimum Gasteiger partial charge on any atom is -0.314 e. The summed E-state index contributed by atoms with van der Waals surface area (Å²) in [5.41, 5.74) is 3.38. The second-order valence-corrected chi connectivity index (χ2v) is 7.34. The van der Waals surface area contributed by atoms with Gasteiger partial charge in [-0.05, 0) is 42.7 Å². The van der Waals surface area contributed by atoms with Crippen LogP contribution in [0.3, 0.4) is 0 Å². The van der Waals surface area contributed by atoms with Crippen LogP contribution in [0.15, 0.2) is 17.0 Å². The molecule has 19 heavy (non-hydrogen) atoms. The molecular formula is C14H22N2O2S. The van der Waals surface area contributed by atoms with Crippen LogP contribution in [0.5, 0.6) is 0 Å². The number of hydrogen-bond donors (Lipinski definition) is 1. The van der Waals surface area contributed by atoms with E-state index in [4.69, 9.17) is 0 Å². The van der Waals surface area contributed by atoms with Gasteiger partial charge in [-0.2, -0.15) is 0 Å². The molecule has 4 nitrogen and oxygen atoms in total. The van der Waals surface area contributed by atoms with Crippen molar-refractivity contribution in [3.8, 4) is 0 Å². The molecule has 0 unspecified atom stereocenters. The Hall–Kier alpha value is -0.910. The fraction of sp³-hybridized carbons (Fsp3) is 0.571. The molecule has 5 heteroatoms. The number of nitrogens with zero attached hydrogens (tertiary/aromatic N) is 1. The predicted molar refractivity (Wildman–Crippen MR) is 77.2 cm³/mol. The first-order chi connectivity index (χ1) is 8.88. The SMILES string of the molecule is Cc1cc(S(C)(=O)=O)cc(CN2CCNCC2)c1C. The topological polar surface area (TPSA) is 49.4 Å². The maximum absolute atomic E-state index is 11.7. The van der Waals surface area contributed by atoms with Crippen molar-refractivity contribution in [1.29, 1.82) is 0 Å². The molecule has 2 rings (SSSR count). The van der Waals surface area contributed by atoms with Gasteiger partial charge in [0.25, 0.3) is 0 Å². The first-order valence-electron chi connectivity index (χ1n) is 6.61. The van der Waals surface area contributed by atoms with Crippen LogP contribution in [0, 0.1) is 13.8 Å². The Labute approximate surface area is 115 Å². The Morgan fingerprint density at radius 1 is 1.21 bits per heavy atom. The summed E-state index contributed by atoms with van der Waals surface area (Å²) in [6, 6.07) is 3.60. The lowest BCUT2D eigenvalue weighted by atomic mass is 10.0. The summed E-state index contributed by atoms with van der Waals surface area (Å²) in [6.45, 7) is 8.92. The van der Waals surface area contributed by atoms with Gasteiger partial charge in [0.05, 0.1) is 4.90 Å². The van der Waals surface area contributed by atoms with Gasteiger partial charge in [-0.25, -0.2) is 8.42 Å². The van der Waals surface area contributed by atoms with Crippen molar-refractivity contribution >= 4 is 9.84 Å². The van der Waals surface area contributed by atoms with E-state index in [0.29, 0.717) is 4.90 Å². The number of nitrogens with one attached hydrogen (secondary N) is 1. The minimum absolute atomic E-state index is 0.431. The number of benzene rings is 1. The van der Waals surface area contributed by atoms with Gasteiger partial charge in [-0.15, -0.1) is 0 Å². The molecule has 106 valence electrons. The zero-order chi connectivity index (χ0) is 14.0. The summed E-state index contributed by atoms with van der Waals surface area (Å²) in [6.07, 6.45) is 1.27. The lowest BCUT2D eigenvalue weighted by Gasteiger charge is -2.28. The van der Waals surface area contributed by atoms with Crippen molar-refractivity contribution < 1.29 is 8.42 Å². The van der Waals surface area contributed by atoms with Crippen LogP contribution in [0.4, 0.5) is 0 Å². The Bertz CT molecular complexity index is 561. The van der Waals surface area contributed by atoms with Crippen molar-refractivity contribution in [3.63, 3.8) is 0 Å². The van der Waals surface area contributed by atoms with Crippen LogP contribution in [0.25, 0.3) is 0 Å². The van der Waals surface area contributed by atoms with Crippen molar-refractivity contribution in [2.24, 2.45) is 0 Å². The Morgan fingerprint density at radius 3 is 2.42 bits per heavy atom. The normalized spacial score (nSPS) is 17.6. The summed E-state index contributed by atoms with van der Waals surface area (Å²) in [7, 11) is -3.14. The molecule has 0 bridgehead atoms. The van der Waals surface area contributed by atoms with E-state index >= 15 is 0 Å². The van der Waals surface area contributed by atoms with Crippen molar-refractivity contribution in [3.05, 3.63) is 28.8 Å². The molecule has 1 aromatic rings. The van der Waals surface area contributed by atoms with E-state index in [-0.39, 0.29) is 0 Å². The Balaban J connectivity index is 2.30. The first-order valence-corrected chi connectivity index (χ1v) is 8.50. The summed E-state index contributed by atoms with van der Waals surface area (Å²) >= 11 is 0. The lowest BCUT2D eigenvalue weighted by Crippen LogP contribution is -2.43. The van der Waals surface area contributed by atoms with Crippen LogP contribution >= 0.6 is 0 Å². The fourth-order valence-electron chi connectivity index (χ4n) is 2.39. The van der Waals surface area contributed by atoms with Gasteiger partial charge in [-0.3, -0.25) is 4.90 Å². The van der Waals surface area contributed by atoms with Gasteiger partial charge in [0, 0.05) is 39.0 Å². The molecule has 1 aliphatic heterocycles. The van der Waals surface area contributed by atoms with E-state index in [0.717, 1.165) is 43.9 Å². The molecule has 1 saturated heterocycles. The minimum atomic E-state index is -3.14. The van der Waals surface area contributed by atoms with Gasteiger partial charge in [-0.1, -0.05) is 0 Å². The molecule has 0 saturated carbocycles. The molecule has 1 aliphatic rings. The molecule has 0 amide bonds. The fourth-order valence-corrected chi connectivity index (χ4v) is 3.13. The monoisotopic (exact) mass is 282 g/mol. The molecule has 1 aromatic carbocycles. The first kappa shape index (κ1) is 14.5. The summed E-state index contributed by atoms with van der Waals surface area (Å²) in [5, 5.41) is 3.32. The third-order valence-electron chi connectivity index (χ3n) is 3.78. The van der Waals surface area contributed by atoms with Gasteiger partial charge in [0.2, 0.25) is 0 Å². The maximum atomic E-state index is 11.7. The van der Waals surface area contributed by atoms with E-state index in [1.54, 1.807) is 6.07 Å². The highest BCUT2D eigenvalue weighted by Crippen LogP contribution is 2.21. The van der Waals surface area contributed by atoms with E-state index in [2.05, 4.69) is 17.1 Å². The van der Waals surface area contributed by atoms with Gasteiger partial charge >= 0.3 is 0 Å². The average molecular weight is 282 g/mol. The number of hydrogen-bond acceptors (Lipinski definition) is 4. The van der Waals surface area contributed by atoms with Crippen molar-refractivity contribution in [2.45, 2.75) is 25.3 Å². The molecule has 0 spiro atoms. The van der Waals surface area contributed by atoms with Crippen LogP contribution in [0.2, 0.25) is 0 Å². The van der Waals surface area contributed by atoms with E-state index in [9.17, 15) is 8.42 Å². The van der Waals surface area contributed by atoms with Crippen LogP contribution < -0.4 is 5.32 Å². The molecule has 1 N–H and O–H groups in total. The molecule has 0 radical (unpaired) electrons. The van der Waals surface area contributed by atoms with Crippen molar-refractivity contribution in [1.82, 2.24) is 10.2 Å². The smallest absolute Gasteiger partial charge is 0.175 e. The van der Waals surface area contributed by atoms with Crippen LogP contribution in [-0.2, 0) is 16.4 Å². The standard InChI is InChI=1S/C14H22N2O2S/c1-11-8-14(19(3,17)18)9-13(12(11)2)10-16-6-4-15-5-7-16/h8-9,15H,4-7,10H2,1-3H3. The second kappa shape index (κ2) is 5.61. The number of sulfone groups is 1. The van der Waals surface area contributed by atoms with E-state index in [1.807, 2.05) is 13.0 Å². The Morgan fingerprint density at radius 2 is 1.84 bits per heavy atom. The van der Waals surface area contributed by atoms with Gasteiger partial charge < -0.3 is 5.32 Å². The summed E-state index contributed by atoms with van der Waals surface area (Å²) < 4.78 is 23.4. The molecular weight excluding hydrogens is 260 g/mol. The summed E-state index contributed by atoms with van der Waals surface area (Å²) in [5.74, 6) is 0. The van der Waals surface area contributed by atoms with E-state index < -0.39 is 9.84 Å². The highest BCUT2D eigenvalue weighted by molar-refractivity contribution is 7.90. The average Bonchev–Trinajstić information content (AvgIpc) is 2.34. The molecule has 0 atom stereocenters. The summed E-state index contributed by atoms with van der Waals surface area (Å²) in [4.78, 5) is 2.80. The zero-order valence-corrected chi connectivity index (χ0v) is 12.7. The quantitative estimate of drug-likeness (QED) is 0.902. The highest BCUT2D eigenvalue weighted by Gasteiger charge is 2.15. The number of piperazine rings is 1. The molecule has 0 aliphatic carbocycles.